The first-order valence-corrected chi connectivity index (χ1v) is 5.67. The van der Waals surface area contributed by atoms with Crippen LogP contribution in [0.1, 0.15) is 0 Å². The van der Waals surface area contributed by atoms with Crippen LogP contribution >= 0.6 is 10.7 Å². The van der Waals surface area contributed by atoms with E-state index in [9.17, 15) is 8.42 Å². The van der Waals surface area contributed by atoms with E-state index in [0.717, 1.165) is 0 Å². The van der Waals surface area contributed by atoms with Crippen LogP contribution in [0.5, 0.6) is 0 Å². The summed E-state index contributed by atoms with van der Waals surface area (Å²) in [4.78, 5) is 0. The lowest BCUT2D eigenvalue weighted by Crippen LogP contribution is -2.36. The van der Waals surface area contributed by atoms with Crippen molar-refractivity contribution in [3.8, 4) is 0 Å². The molecule has 1 aliphatic rings. The van der Waals surface area contributed by atoms with E-state index < -0.39 is 9.05 Å². The van der Waals surface area contributed by atoms with E-state index in [-0.39, 0.29) is 18.5 Å². The Morgan fingerprint density at radius 1 is 1.55 bits per heavy atom. The first kappa shape index (κ1) is 9.25. The largest absolute Gasteiger partial charge is 0.376 e. The van der Waals surface area contributed by atoms with Gasteiger partial charge in [0.05, 0.1) is 25.6 Å². The summed E-state index contributed by atoms with van der Waals surface area (Å²) >= 11 is 0. The molecule has 11 heavy (non-hydrogen) atoms. The van der Waals surface area contributed by atoms with Crippen molar-refractivity contribution < 1.29 is 17.9 Å². The highest BCUT2D eigenvalue weighted by molar-refractivity contribution is 8.13. The monoisotopic (exact) mass is 200 g/mol. The number of ether oxygens (including phenoxy) is 2. The molecule has 1 aliphatic heterocycles. The molecule has 0 atom stereocenters. The number of rotatable bonds is 4. The third kappa shape index (κ3) is 3.91. The van der Waals surface area contributed by atoms with Gasteiger partial charge < -0.3 is 9.47 Å². The molecule has 0 amide bonds. The van der Waals surface area contributed by atoms with Gasteiger partial charge in [0.15, 0.2) is 0 Å². The topological polar surface area (TPSA) is 52.6 Å². The Kier molecular flexibility index (Phi) is 3.12. The SMILES string of the molecule is O=S(=O)(Cl)CCOC1COC1. The van der Waals surface area contributed by atoms with Crippen molar-refractivity contribution in [1.82, 2.24) is 0 Å². The minimum atomic E-state index is -3.40. The van der Waals surface area contributed by atoms with E-state index in [2.05, 4.69) is 0 Å². The zero-order valence-electron chi connectivity index (χ0n) is 5.82. The second-order valence-corrected chi connectivity index (χ2v) is 5.17. The predicted octanol–water partition coefficient (Wildman–Crippen LogP) is -0.0296. The van der Waals surface area contributed by atoms with E-state index in [1.54, 1.807) is 0 Å². The summed E-state index contributed by atoms with van der Waals surface area (Å²) < 4.78 is 30.6. The van der Waals surface area contributed by atoms with E-state index in [4.69, 9.17) is 20.2 Å². The molecular formula is C5H9ClO4S. The van der Waals surface area contributed by atoms with Crippen LogP contribution in [-0.4, -0.2) is 40.1 Å². The number of hydrogen-bond donors (Lipinski definition) is 0. The van der Waals surface area contributed by atoms with Gasteiger partial charge in [-0.15, -0.1) is 0 Å². The molecule has 1 fully saturated rings. The lowest BCUT2D eigenvalue weighted by Gasteiger charge is -2.25. The van der Waals surface area contributed by atoms with Crippen LogP contribution in [0.25, 0.3) is 0 Å². The van der Waals surface area contributed by atoms with Crippen LogP contribution in [-0.2, 0) is 18.5 Å². The molecule has 0 unspecified atom stereocenters. The zero-order chi connectivity index (χ0) is 8.32. The molecule has 1 heterocycles. The van der Waals surface area contributed by atoms with Crippen molar-refractivity contribution in [1.29, 1.82) is 0 Å². The minimum absolute atomic E-state index is 0.0633. The van der Waals surface area contributed by atoms with Gasteiger partial charge in [0, 0.05) is 10.7 Å². The van der Waals surface area contributed by atoms with E-state index in [0.29, 0.717) is 13.2 Å². The van der Waals surface area contributed by atoms with Crippen LogP contribution < -0.4 is 0 Å². The Hall–Kier alpha value is 0.160. The molecule has 0 aromatic heterocycles. The van der Waals surface area contributed by atoms with Gasteiger partial charge in [-0.1, -0.05) is 0 Å². The van der Waals surface area contributed by atoms with E-state index in [1.807, 2.05) is 0 Å². The van der Waals surface area contributed by atoms with Crippen molar-refractivity contribution >= 4 is 19.7 Å². The van der Waals surface area contributed by atoms with Gasteiger partial charge in [-0.3, -0.25) is 0 Å². The Bertz CT molecular complexity index is 209. The first-order valence-electron chi connectivity index (χ1n) is 3.19. The third-order valence-electron chi connectivity index (χ3n) is 1.29. The molecule has 4 nitrogen and oxygen atoms in total. The molecule has 0 aliphatic carbocycles. The van der Waals surface area contributed by atoms with Crippen LogP contribution in [0.3, 0.4) is 0 Å². The lowest BCUT2D eigenvalue weighted by molar-refractivity contribution is -0.126. The second kappa shape index (κ2) is 3.71. The van der Waals surface area contributed by atoms with Crippen molar-refractivity contribution in [2.24, 2.45) is 0 Å². The Labute approximate surface area is 69.9 Å². The van der Waals surface area contributed by atoms with Crippen LogP contribution in [0.15, 0.2) is 0 Å². The summed E-state index contributed by atoms with van der Waals surface area (Å²) in [6, 6.07) is 0. The second-order valence-electron chi connectivity index (χ2n) is 2.27. The van der Waals surface area contributed by atoms with Gasteiger partial charge in [0.1, 0.15) is 6.10 Å². The zero-order valence-corrected chi connectivity index (χ0v) is 7.40. The fourth-order valence-corrected chi connectivity index (χ4v) is 1.11. The smallest absolute Gasteiger partial charge is 0.234 e. The average Bonchev–Trinajstić information content (AvgIpc) is 1.73. The summed E-state index contributed by atoms with van der Waals surface area (Å²) in [5, 5.41) is 0. The molecule has 0 spiro atoms. The Morgan fingerprint density at radius 2 is 2.18 bits per heavy atom. The van der Waals surface area contributed by atoms with Gasteiger partial charge in [0.25, 0.3) is 0 Å². The Balaban J connectivity index is 2.04. The van der Waals surface area contributed by atoms with Gasteiger partial charge in [-0.25, -0.2) is 8.42 Å². The lowest BCUT2D eigenvalue weighted by atomic mass is 10.3. The van der Waals surface area contributed by atoms with Gasteiger partial charge in [0.2, 0.25) is 9.05 Å². The molecule has 1 saturated heterocycles. The Morgan fingerprint density at radius 3 is 2.55 bits per heavy atom. The molecule has 0 aromatic carbocycles. The number of halogens is 1. The van der Waals surface area contributed by atoms with Gasteiger partial charge in [-0.05, 0) is 0 Å². The first-order chi connectivity index (χ1) is 5.08. The molecular weight excluding hydrogens is 192 g/mol. The molecule has 6 heteroatoms. The van der Waals surface area contributed by atoms with Crippen molar-refractivity contribution in [2.45, 2.75) is 6.10 Å². The van der Waals surface area contributed by atoms with Crippen molar-refractivity contribution in [2.75, 3.05) is 25.6 Å². The summed E-state index contributed by atoms with van der Waals surface area (Å²) in [7, 11) is 1.54. The number of hydrogen-bond acceptors (Lipinski definition) is 4. The van der Waals surface area contributed by atoms with Crippen molar-refractivity contribution in [3.63, 3.8) is 0 Å². The van der Waals surface area contributed by atoms with Gasteiger partial charge in [-0.2, -0.15) is 0 Å². The highest BCUT2D eigenvalue weighted by Gasteiger charge is 2.19. The van der Waals surface area contributed by atoms with Crippen LogP contribution in [0.4, 0.5) is 0 Å². The molecule has 0 aromatic rings. The summed E-state index contributed by atoms with van der Waals surface area (Å²) in [5.41, 5.74) is 0. The van der Waals surface area contributed by atoms with E-state index in [1.165, 1.54) is 0 Å². The molecule has 66 valence electrons. The molecule has 0 bridgehead atoms. The van der Waals surface area contributed by atoms with Crippen LogP contribution in [0, 0.1) is 0 Å². The highest BCUT2D eigenvalue weighted by Crippen LogP contribution is 2.05. The van der Waals surface area contributed by atoms with Crippen LogP contribution in [0.2, 0.25) is 0 Å². The summed E-state index contributed by atoms with van der Waals surface area (Å²) in [6.07, 6.45) is 0.0633. The fourth-order valence-electron chi connectivity index (χ4n) is 0.625. The molecule has 0 saturated carbocycles. The predicted molar refractivity (Wildman–Crippen MR) is 40.2 cm³/mol. The maximum atomic E-state index is 10.4. The quantitative estimate of drug-likeness (QED) is 0.599. The van der Waals surface area contributed by atoms with Crippen molar-refractivity contribution in [3.05, 3.63) is 0 Å². The molecule has 0 radical (unpaired) electrons. The van der Waals surface area contributed by atoms with Gasteiger partial charge >= 0.3 is 0 Å². The standard InChI is InChI=1S/C5H9ClO4S/c6-11(7,8)2-1-10-5-3-9-4-5/h5H,1-4H2. The fraction of sp³-hybridized carbons (Fsp3) is 1.00. The van der Waals surface area contributed by atoms with E-state index >= 15 is 0 Å². The molecule has 1 rings (SSSR count). The average molecular weight is 201 g/mol. The summed E-state index contributed by atoms with van der Waals surface area (Å²) in [5.74, 6) is -0.134. The summed E-state index contributed by atoms with van der Waals surface area (Å²) in [6.45, 7) is 1.27. The highest BCUT2D eigenvalue weighted by atomic mass is 35.7. The maximum Gasteiger partial charge on any atom is 0.234 e. The normalized spacial score (nSPS) is 19.7. The minimum Gasteiger partial charge on any atom is -0.376 e. The third-order valence-corrected chi connectivity index (χ3v) is 2.41. The molecule has 0 N–H and O–H groups in total. The maximum absolute atomic E-state index is 10.4.